The maximum atomic E-state index is 12.5. The van der Waals surface area contributed by atoms with Crippen molar-refractivity contribution in [1.82, 2.24) is 25.5 Å². The van der Waals surface area contributed by atoms with Gasteiger partial charge in [-0.2, -0.15) is 4.68 Å². The maximum Gasteiger partial charge on any atom is 0.573 e. The van der Waals surface area contributed by atoms with Gasteiger partial charge in [0.1, 0.15) is 5.75 Å². The summed E-state index contributed by atoms with van der Waals surface area (Å²) in [4.78, 5) is 24.9. The standard InChI is InChI=1S/C20H17F3N6O3S/c21-20(22,23)32-14-9-7-13(8-10-14)29-19(26-27-28-29)33-11-17(30)25-16-4-2-1-3-15(16)18(31)24-12-5-6-12/h1-4,7-10,12H,5-6,11H2,(H,24,31)(H,25,30). The molecule has 0 unspecified atom stereocenters. The van der Waals surface area contributed by atoms with Crippen molar-refractivity contribution in [3.8, 4) is 11.4 Å². The summed E-state index contributed by atoms with van der Waals surface area (Å²) in [5, 5.41) is 17.1. The maximum absolute atomic E-state index is 12.5. The Morgan fingerprint density at radius 1 is 1.12 bits per heavy atom. The summed E-state index contributed by atoms with van der Waals surface area (Å²) >= 11 is 1.03. The average molecular weight is 478 g/mol. The number of nitrogens with zero attached hydrogens (tertiary/aromatic N) is 4. The van der Waals surface area contributed by atoms with Gasteiger partial charge in [0.2, 0.25) is 11.1 Å². The van der Waals surface area contributed by atoms with E-state index in [0.717, 1.165) is 36.7 Å². The van der Waals surface area contributed by atoms with Crippen LogP contribution in [0.15, 0.2) is 53.7 Å². The van der Waals surface area contributed by atoms with Crippen molar-refractivity contribution in [3.63, 3.8) is 0 Å². The third-order valence-electron chi connectivity index (χ3n) is 4.45. The third-order valence-corrected chi connectivity index (χ3v) is 5.37. The monoisotopic (exact) mass is 478 g/mol. The van der Waals surface area contributed by atoms with E-state index >= 15 is 0 Å². The number of halogens is 3. The Hall–Kier alpha value is -3.61. The first-order valence-electron chi connectivity index (χ1n) is 9.75. The fraction of sp³-hybridized carbons (Fsp3) is 0.250. The summed E-state index contributed by atoms with van der Waals surface area (Å²) in [7, 11) is 0. The molecule has 1 saturated carbocycles. The molecule has 1 fully saturated rings. The van der Waals surface area contributed by atoms with Crippen LogP contribution in [0.25, 0.3) is 5.69 Å². The molecule has 3 aromatic rings. The van der Waals surface area contributed by atoms with Crippen LogP contribution in [0.3, 0.4) is 0 Å². The summed E-state index contributed by atoms with van der Waals surface area (Å²) in [6, 6.07) is 11.9. The Bertz CT molecular complexity index is 1150. The first-order chi connectivity index (χ1) is 15.8. The summed E-state index contributed by atoms with van der Waals surface area (Å²) in [5.74, 6) is -1.07. The number of amides is 2. The molecule has 1 heterocycles. The van der Waals surface area contributed by atoms with Gasteiger partial charge in [-0.3, -0.25) is 9.59 Å². The number of carbonyl (C=O) groups is 2. The van der Waals surface area contributed by atoms with Crippen molar-refractivity contribution < 1.29 is 27.5 Å². The van der Waals surface area contributed by atoms with Crippen LogP contribution >= 0.6 is 11.8 Å². The molecule has 1 aliphatic rings. The van der Waals surface area contributed by atoms with E-state index < -0.39 is 6.36 Å². The molecule has 1 aliphatic carbocycles. The first kappa shape index (κ1) is 22.6. The van der Waals surface area contributed by atoms with E-state index in [-0.39, 0.29) is 34.5 Å². The Morgan fingerprint density at radius 2 is 1.85 bits per heavy atom. The first-order valence-corrected chi connectivity index (χ1v) is 10.7. The summed E-state index contributed by atoms with van der Waals surface area (Å²) in [5.41, 5.74) is 1.15. The van der Waals surface area contributed by atoms with Crippen molar-refractivity contribution >= 4 is 29.3 Å². The van der Waals surface area contributed by atoms with Crippen LogP contribution in [0.1, 0.15) is 23.2 Å². The zero-order chi connectivity index (χ0) is 23.4. The third kappa shape index (κ3) is 6.22. The number of hydrogen-bond acceptors (Lipinski definition) is 7. The minimum atomic E-state index is -4.79. The molecule has 0 bridgehead atoms. The Kier molecular flexibility index (Phi) is 6.49. The quantitative estimate of drug-likeness (QED) is 0.479. The lowest BCUT2D eigenvalue weighted by atomic mass is 10.1. The van der Waals surface area contributed by atoms with Crippen molar-refractivity contribution in [3.05, 3.63) is 54.1 Å². The van der Waals surface area contributed by atoms with E-state index in [1.54, 1.807) is 24.3 Å². The normalized spacial score (nSPS) is 13.4. The molecule has 0 saturated heterocycles. The van der Waals surface area contributed by atoms with Gasteiger partial charge in [-0.1, -0.05) is 23.9 Å². The lowest BCUT2D eigenvalue weighted by Crippen LogP contribution is -2.27. The van der Waals surface area contributed by atoms with Gasteiger partial charge in [0.05, 0.1) is 22.7 Å². The number of aromatic nitrogens is 4. The number of tetrazole rings is 1. The van der Waals surface area contributed by atoms with Gasteiger partial charge in [0.25, 0.3) is 5.91 Å². The minimum absolute atomic E-state index is 0.0613. The summed E-state index contributed by atoms with van der Waals surface area (Å²) < 4.78 is 42.1. The zero-order valence-electron chi connectivity index (χ0n) is 16.9. The van der Waals surface area contributed by atoms with E-state index in [1.165, 1.54) is 16.8 Å². The summed E-state index contributed by atoms with van der Waals surface area (Å²) in [6.07, 6.45) is -2.89. The highest BCUT2D eigenvalue weighted by Gasteiger charge is 2.31. The van der Waals surface area contributed by atoms with E-state index in [9.17, 15) is 22.8 Å². The molecule has 0 aliphatic heterocycles. The second kappa shape index (κ2) is 9.48. The van der Waals surface area contributed by atoms with Crippen LogP contribution in [-0.4, -0.2) is 50.2 Å². The number of ether oxygens (including phenoxy) is 1. The fourth-order valence-corrected chi connectivity index (χ4v) is 3.51. The Labute approximate surface area is 189 Å². The number of carbonyl (C=O) groups excluding carboxylic acids is 2. The molecule has 2 amide bonds. The van der Waals surface area contributed by atoms with E-state index in [4.69, 9.17) is 0 Å². The molecule has 9 nitrogen and oxygen atoms in total. The van der Waals surface area contributed by atoms with Crippen molar-refractivity contribution in [2.24, 2.45) is 0 Å². The molecule has 172 valence electrons. The molecular weight excluding hydrogens is 461 g/mol. The van der Waals surface area contributed by atoms with Gasteiger partial charge in [-0.15, -0.1) is 18.3 Å². The minimum Gasteiger partial charge on any atom is -0.406 e. The van der Waals surface area contributed by atoms with Crippen LogP contribution in [0.4, 0.5) is 18.9 Å². The second-order valence-corrected chi connectivity index (χ2v) is 7.99. The Morgan fingerprint density at radius 3 is 2.55 bits per heavy atom. The number of rotatable bonds is 8. The molecular formula is C20H17F3N6O3S. The van der Waals surface area contributed by atoms with E-state index in [0.29, 0.717) is 16.9 Å². The molecule has 2 aromatic carbocycles. The molecule has 4 rings (SSSR count). The predicted octanol–water partition coefficient (Wildman–Crippen LogP) is 3.18. The fourth-order valence-electron chi connectivity index (χ4n) is 2.82. The number of nitrogens with one attached hydrogen (secondary N) is 2. The number of para-hydroxylation sites is 1. The number of benzene rings is 2. The van der Waals surface area contributed by atoms with E-state index in [2.05, 4.69) is 30.9 Å². The van der Waals surface area contributed by atoms with Crippen molar-refractivity contribution in [2.75, 3.05) is 11.1 Å². The SMILES string of the molecule is O=C(CSc1nnnn1-c1ccc(OC(F)(F)F)cc1)Nc1ccccc1C(=O)NC1CC1. The van der Waals surface area contributed by atoms with Gasteiger partial charge in [0.15, 0.2) is 0 Å². The number of hydrogen-bond donors (Lipinski definition) is 2. The van der Waals surface area contributed by atoms with Crippen LogP contribution < -0.4 is 15.4 Å². The van der Waals surface area contributed by atoms with Gasteiger partial charge in [-0.25, -0.2) is 0 Å². The topological polar surface area (TPSA) is 111 Å². The number of alkyl halides is 3. The molecule has 13 heteroatoms. The van der Waals surface area contributed by atoms with Crippen LogP contribution in [0.2, 0.25) is 0 Å². The highest BCUT2D eigenvalue weighted by atomic mass is 32.2. The van der Waals surface area contributed by atoms with Gasteiger partial charge in [0, 0.05) is 6.04 Å². The number of anilines is 1. The zero-order valence-corrected chi connectivity index (χ0v) is 17.7. The summed E-state index contributed by atoms with van der Waals surface area (Å²) in [6.45, 7) is 0. The second-order valence-electron chi connectivity index (χ2n) is 7.05. The lowest BCUT2D eigenvalue weighted by molar-refractivity contribution is -0.274. The van der Waals surface area contributed by atoms with Gasteiger partial charge >= 0.3 is 6.36 Å². The molecule has 2 N–H and O–H groups in total. The van der Waals surface area contributed by atoms with Crippen molar-refractivity contribution in [2.45, 2.75) is 30.4 Å². The lowest BCUT2D eigenvalue weighted by Gasteiger charge is -2.11. The van der Waals surface area contributed by atoms with Crippen LogP contribution in [0.5, 0.6) is 5.75 Å². The highest BCUT2D eigenvalue weighted by molar-refractivity contribution is 7.99. The van der Waals surface area contributed by atoms with Gasteiger partial charge in [-0.05, 0) is 59.7 Å². The largest absolute Gasteiger partial charge is 0.573 e. The Balaban J connectivity index is 1.38. The van der Waals surface area contributed by atoms with Crippen LogP contribution in [0, 0.1) is 0 Å². The van der Waals surface area contributed by atoms with Gasteiger partial charge < -0.3 is 15.4 Å². The number of thioether (sulfide) groups is 1. The molecule has 33 heavy (non-hydrogen) atoms. The molecule has 0 spiro atoms. The molecule has 0 atom stereocenters. The molecule has 1 aromatic heterocycles. The van der Waals surface area contributed by atoms with Crippen molar-refractivity contribution in [1.29, 1.82) is 0 Å². The smallest absolute Gasteiger partial charge is 0.406 e. The van der Waals surface area contributed by atoms with E-state index in [1.807, 2.05) is 0 Å². The predicted molar refractivity (Wildman–Crippen MR) is 112 cm³/mol. The van der Waals surface area contributed by atoms with Crippen LogP contribution in [-0.2, 0) is 4.79 Å². The molecule has 0 radical (unpaired) electrons. The highest BCUT2D eigenvalue weighted by Crippen LogP contribution is 2.25. The average Bonchev–Trinajstić information content (AvgIpc) is 3.45.